The molecule has 1 unspecified atom stereocenters. The van der Waals surface area contributed by atoms with Crippen molar-refractivity contribution >= 4 is 23.6 Å². The van der Waals surface area contributed by atoms with Crippen molar-refractivity contribution in [3.63, 3.8) is 0 Å². The standard InChI is InChI=1S/C23H24N4O4S/c1-17-14-26(12-13-30-17)20(28)15-31-21(29)16-32-23-25-24-22(18-8-4-2-5-9-18)27(23)19-10-6-3-7-11-19/h2-11,17H,12-16H2,1H3. The van der Waals surface area contributed by atoms with E-state index in [1.54, 1.807) is 4.90 Å². The lowest BCUT2D eigenvalue weighted by Crippen LogP contribution is -2.46. The molecule has 0 spiro atoms. The fourth-order valence-corrected chi connectivity index (χ4v) is 4.14. The van der Waals surface area contributed by atoms with Gasteiger partial charge in [0.2, 0.25) is 0 Å². The predicted octanol–water partition coefficient (Wildman–Crippen LogP) is 2.82. The molecule has 9 heteroatoms. The van der Waals surface area contributed by atoms with E-state index >= 15 is 0 Å². The minimum atomic E-state index is -0.478. The Morgan fingerprint density at radius 2 is 1.81 bits per heavy atom. The van der Waals surface area contributed by atoms with Crippen molar-refractivity contribution in [3.8, 4) is 17.1 Å². The molecule has 2 heterocycles. The molecule has 1 aromatic heterocycles. The van der Waals surface area contributed by atoms with Crippen LogP contribution in [-0.2, 0) is 19.1 Å². The fourth-order valence-electron chi connectivity index (χ4n) is 3.39. The van der Waals surface area contributed by atoms with Gasteiger partial charge in [0.15, 0.2) is 17.6 Å². The van der Waals surface area contributed by atoms with E-state index in [4.69, 9.17) is 9.47 Å². The van der Waals surface area contributed by atoms with E-state index in [1.165, 1.54) is 11.8 Å². The summed E-state index contributed by atoms with van der Waals surface area (Å²) >= 11 is 1.22. The highest BCUT2D eigenvalue weighted by Gasteiger charge is 2.23. The Hall–Kier alpha value is -3.17. The number of ether oxygens (including phenoxy) is 2. The van der Waals surface area contributed by atoms with E-state index in [1.807, 2.05) is 72.2 Å². The zero-order valence-corrected chi connectivity index (χ0v) is 18.5. The van der Waals surface area contributed by atoms with Crippen molar-refractivity contribution in [3.05, 3.63) is 60.7 Å². The molecule has 0 saturated carbocycles. The molecular weight excluding hydrogens is 428 g/mol. The van der Waals surface area contributed by atoms with Crippen LogP contribution in [0.5, 0.6) is 0 Å². The third-order valence-electron chi connectivity index (χ3n) is 4.95. The van der Waals surface area contributed by atoms with Gasteiger partial charge in [0.25, 0.3) is 5.91 Å². The molecule has 32 heavy (non-hydrogen) atoms. The minimum Gasteiger partial charge on any atom is -0.455 e. The lowest BCUT2D eigenvalue weighted by Gasteiger charge is -2.30. The lowest BCUT2D eigenvalue weighted by molar-refractivity contribution is -0.153. The monoisotopic (exact) mass is 452 g/mol. The molecule has 1 fully saturated rings. The van der Waals surface area contributed by atoms with E-state index in [0.717, 1.165) is 11.3 Å². The smallest absolute Gasteiger partial charge is 0.316 e. The highest BCUT2D eigenvalue weighted by Crippen LogP contribution is 2.27. The Kier molecular flexibility index (Phi) is 7.18. The topological polar surface area (TPSA) is 86.5 Å². The van der Waals surface area contributed by atoms with Crippen molar-refractivity contribution in [2.45, 2.75) is 18.2 Å². The van der Waals surface area contributed by atoms with Gasteiger partial charge in [0.1, 0.15) is 0 Å². The number of nitrogens with zero attached hydrogens (tertiary/aromatic N) is 4. The minimum absolute atomic E-state index is 0.0119. The summed E-state index contributed by atoms with van der Waals surface area (Å²) < 4.78 is 12.5. The first kappa shape index (κ1) is 22.0. The van der Waals surface area contributed by atoms with Gasteiger partial charge >= 0.3 is 5.97 Å². The fraction of sp³-hybridized carbons (Fsp3) is 0.304. The quantitative estimate of drug-likeness (QED) is 0.402. The number of carbonyl (C=O) groups excluding carboxylic acids is 2. The maximum atomic E-state index is 12.3. The maximum absolute atomic E-state index is 12.3. The van der Waals surface area contributed by atoms with Crippen LogP contribution in [0.1, 0.15) is 6.92 Å². The van der Waals surface area contributed by atoms with E-state index in [2.05, 4.69) is 10.2 Å². The number of hydrogen-bond donors (Lipinski definition) is 0. The number of amides is 1. The largest absolute Gasteiger partial charge is 0.455 e. The Bertz CT molecular complexity index is 1060. The van der Waals surface area contributed by atoms with Gasteiger partial charge in [0, 0.05) is 24.3 Å². The lowest BCUT2D eigenvalue weighted by atomic mass is 10.2. The summed E-state index contributed by atoms with van der Waals surface area (Å²) in [6.45, 7) is 3.16. The summed E-state index contributed by atoms with van der Waals surface area (Å²) in [6.07, 6.45) is -0.0119. The maximum Gasteiger partial charge on any atom is 0.316 e. The number of aromatic nitrogens is 3. The Morgan fingerprint density at radius 1 is 1.09 bits per heavy atom. The van der Waals surface area contributed by atoms with Gasteiger partial charge in [-0.3, -0.25) is 14.2 Å². The summed E-state index contributed by atoms with van der Waals surface area (Å²) in [5.41, 5.74) is 1.81. The molecule has 1 amide bonds. The zero-order valence-electron chi connectivity index (χ0n) is 17.7. The van der Waals surface area contributed by atoms with Crippen LogP contribution in [0.15, 0.2) is 65.8 Å². The van der Waals surface area contributed by atoms with Gasteiger partial charge in [-0.1, -0.05) is 60.3 Å². The van der Waals surface area contributed by atoms with Crippen molar-refractivity contribution in [2.24, 2.45) is 0 Å². The molecule has 3 aromatic rings. The number of hydrogen-bond acceptors (Lipinski definition) is 7. The van der Waals surface area contributed by atoms with Crippen molar-refractivity contribution in [1.82, 2.24) is 19.7 Å². The molecule has 8 nitrogen and oxygen atoms in total. The van der Waals surface area contributed by atoms with Crippen LogP contribution in [0.3, 0.4) is 0 Å². The average Bonchev–Trinajstić information content (AvgIpc) is 3.26. The van der Waals surface area contributed by atoms with Gasteiger partial charge in [-0.2, -0.15) is 0 Å². The van der Waals surface area contributed by atoms with Gasteiger partial charge in [-0.25, -0.2) is 0 Å². The van der Waals surface area contributed by atoms with Crippen LogP contribution in [0, 0.1) is 0 Å². The third-order valence-corrected chi connectivity index (χ3v) is 5.85. The zero-order chi connectivity index (χ0) is 22.3. The number of carbonyl (C=O) groups is 2. The second-order valence-electron chi connectivity index (χ2n) is 7.31. The highest BCUT2D eigenvalue weighted by atomic mass is 32.2. The Balaban J connectivity index is 1.41. The van der Waals surface area contributed by atoms with Gasteiger partial charge < -0.3 is 14.4 Å². The van der Waals surface area contributed by atoms with E-state index in [0.29, 0.717) is 30.7 Å². The molecular formula is C23H24N4O4S. The molecule has 1 aliphatic heterocycles. The first-order chi connectivity index (χ1) is 15.6. The Morgan fingerprint density at radius 3 is 2.53 bits per heavy atom. The van der Waals surface area contributed by atoms with Crippen LogP contribution >= 0.6 is 11.8 Å². The highest BCUT2D eigenvalue weighted by molar-refractivity contribution is 7.99. The van der Waals surface area contributed by atoms with Gasteiger partial charge in [-0.15, -0.1) is 10.2 Å². The summed E-state index contributed by atoms with van der Waals surface area (Å²) in [6, 6.07) is 19.5. The first-order valence-electron chi connectivity index (χ1n) is 10.4. The number of para-hydroxylation sites is 1. The predicted molar refractivity (Wildman–Crippen MR) is 120 cm³/mol. The molecule has 0 N–H and O–H groups in total. The SMILES string of the molecule is CC1CN(C(=O)COC(=O)CSc2nnc(-c3ccccc3)n2-c2ccccc2)CCO1. The van der Waals surface area contributed by atoms with E-state index in [9.17, 15) is 9.59 Å². The molecule has 1 saturated heterocycles. The molecule has 0 bridgehead atoms. The molecule has 1 atom stereocenters. The summed E-state index contributed by atoms with van der Waals surface area (Å²) in [4.78, 5) is 26.2. The van der Waals surface area contributed by atoms with E-state index in [-0.39, 0.29) is 24.4 Å². The average molecular weight is 453 g/mol. The van der Waals surface area contributed by atoms with Crippen molar-refractivity contribution in [2.75, 3.05) is 32.1 Å². The molecule has 0 aliphatic carbocycles. The van der Waals surface area contributed by atoms with Crippen LogP contribution in [0.2, 0.25) is 0 Å². The van der Waals surface area contributed by atoms with Gasteiger partial charge in [0.05, 0.1) is 18.5 Å². The van der Waals surface area contributed by atoms with E-state index < -0.39 is 5.97 Å². The van der Waals surface area contributed by atoms with Gasteiger partial charge in [-0.05, 0) is 19.1 Å². The van der Waals surface area contributed by atoms with Crippen LogP contribution in [0.4, 0.5) is 0 Å². The van der Waals surface area contributed by atoms with Crippen molar-refractivity contribution in [1.29, 1.82) is 0 Å². The Labute approximate surface area is 190 Å². The molecule has 4 rings (SSSR count). The molecule has 1 aliphatic rings. The summed E-state index contributed by atoms with van der Waals surface area (Å²) in [7, 11) is 0. The van der Waals surface area contributed by atoms with Crippen LogP contribution in [0.25, 0.3) is 17.1 Å². The number of benzene rings is 2. The van der Waals surface area contributed by atoms with Crippen LogP contribution in [-0.4, -0.2) is 69.7 Å². The molecule has 166 valence electrons. The van der Waals surface area contributed by atoms with Crippen LogP contribution < -0.4 is 0 Å². The summed E-state index contributed by atoms with van der Waals surface area (Å²) in [5.74, 6) is 0.0159. The second-order valence-corrected chi connectivity index (χ2v) is 8.26. The molecule has 2 aromatic carbocycles. The summed E-state index contributed by atoms with van der Waals surface area (Å²) in [5, 5.41) is 9.22. The number of morpholine rings is 1. The van der Waals surface area contributed by atoms with Crippen molar-refractivity contribution < 1.29 is 19.1 Å². The first-order valence-corrected chi connectivity index (χ1v) is 11.3. The second kappa shape index (κ2) is 10.4. The third kappa shape index (κ3) is 5.35. The number of rotatable bonds is 7. The normalized spacial score (nSPS) is 16.0. The molecule has 0 radical (unpaired) electrons. The number of esters is 1. The number of thioether (sulfide) groups is 1.